The third kappa shape index (κ3) is 5.52. The van der Waals surface area contributed by atoms with Crippen molar-refractivity contribution in [3.8, 4) is 5.69 Å². The Balaban J connectivity index is 1.51. The molecule has 0 saturated heterocycles. The van der Waals surface area contributed by atoms with E-state index >= 15 is 0 Å². The summed E-state index contributed by atoms with van der Waals surface area (Å²) in [6, 6.07) is 16.3. The lowest BCUT2D eigenvalue weighted by Gasteiger charge is -2.20. The number of benzene rings is 1. The standard InChI is InChI=1S/C22H19F3N6/c23-22(24,25)17-7-9-21(10-8-17)31-16-20(28-29-31)15-30(13-18-5-1-3-11-26-18)14-19-6-2-4-12-27-19/h1-12,16H,13-15H2. The molecule has 31 heavy (non-hydrogen) atoms. The monoisotopic (exact) mass is 424 g/mol. The van der Waals surface area contributed by atoms with Crippen molar-refractivity contribution in [1.82, 2.24) is 29.9 Å². The van der Waals surface area contributed by atoms with Crippen LogP contribution in [0, 0.1) is 0 Å². The lowest BCUT2D eigenvalue weighted by molar-refractivity contribution is -0.137. The van der Waals surface area contributed by atoms with Gasteiger partial charge in [-0.05, 0) is 48.5 Å². The van der Waals surface area contributed by atoms with E-state index in [9.17, 15) is 13.2 Å². The Kier molecular flexibility index (Phi) is 6.03. The van der Waals surface area contributed by atoms with E-state index in [0.29, 0.717) is 31.0 Å². The van der Waals surface area contributed by atoms with Gasteiger partial charge in [0.05, 0.1) is 34.5 Å². The molecule has 0 spiro atoms. The smallest absolute Gasteiger partial charge is 0.286 e. The maximum Gasteiger partial charge on any atom is 0.416 e. The van der Waals surface area contributed by atoms with Crippen LogP contribution >= 0.6 is 0 Å². The van der Waals surface area contributed by atoms with E-state index in [1.807, 2.05) is 36.4 Å². The minimum absolute atomic E-state index is 0.480. The van der Waals surface area contributed by atoms with E-state index in [-0.39, 0.29) is 0 Å². The largest absolute Gasteiger partial charge is 0.416 e. The summed E-state index contributed by atoms with van der Waals surface area (Å²) >= 11 is 0. The molecule has 4 rings (SSSR count). The number of hydrogen-bond acceptors (Lipinski definition) is 5. The molecule has 0 radical (unpaired) electrons. The third-order valence-electron chi connectivity index (χ3n) is 4.61. The van der Waals surface area contributed by atoms with Crippen molar-refractivity contribution >= 4 is 0 Å². The Morgan fingerprint density at radius 1 is 0.742 bits per heavy atom. The van der Waals surface area contributed by atoms with Gasteiger partial charge in [0.2, 0.25) is 0 Å². The zero-order chi connectivity index (χ0) is 21.7. The van der Waals surface area contributed by atoms with Crippen LogP contribution in [0.2, 0.25) is 0 Å². The van der Waals surface area contributed by atoms with E-state index in [1.54, 1.807) is 18.6 Å². The Morgan fingerprint density at radius 2 is 1.32 bits per heavy atom. The molecule has 0 fully saturated rings. The highest BCUT2D eigenvalue weighted by Gasteiger charge is 2.30. The van der Waals surface area contributed by atoms with Crippen LogP contribution in [0.3, 0.4) is 0 Å². The highest BCUT2D eigenvalue weighted by atomic mass is 19.4. The number of halogens is 3. The molecular formula is C22H19F3N6. The second-order valence-electron chi connectivity index (χ2n) is 6.99. The molecule has 6 nitrogen and oxygen atoms in total. The SMILES string of the molecule is FC(F)(F)c1ccc(-n2cc(CN(Cc3ccccn3)Cc3ccccn3)nn2)cc1. The molecule has 0 atom stereocenters. The first kappa shape index (κ1) is 20.7. The van der Waals surface area contributed by atoms with Crippen LogP contribution in [0.25, 0.3) is 5.69 Å². The summed E-state index contributed by atoms with van der Waals surface area (Å²) in [5.41, 5.74) is 2.31. The summed E-state index contributed by atoms with van der Waals surface area (Å²) in [5.74, 6) is 0. The van der Waals surface area contributed by atoms with Crippen molar-refractivity contribution in [1.29, 1.82) is 0 Å². The van der Waals surface area contributed by atoms with E-state index in [1.165, 1.54) is 16.8 Å². The first-order valence-corrected chi connectivity index (χ1v) is 9.58. The summed E-state index contributed by atoms with van der Waals surface area (Å²) in [6.07, 6.45) is 0.834. The molecule has 9 heteroatoms. The summed E-state index contributed by atoms with van der Waals surface area (Å²) < 4.78 is 39.8. The molecule has 0 aliphatic rings. The molecule has 0 aliphatic carbocycles. The fourth-order valence-electron chi connectivity index (χ4n) is 3.14. The number of hydrogen-bond donors (Lipinski definition) is 0. The van der Waals surface area contributed by atoms with Crippen molar-refractivity contribution in [3.05, 3.63) is 102 Å². The average molecular weight is 424 g/mol. The van der Waals surface area contributed by atoms with Crippen LogP contribution in [0.5, 0.6) is 0 Å². The Labute approximate surface area is 177 Å². The van der Waals surface area contributed by atoms with Gasteiger partial charge in [0.15, 0.2) is 0 Å². The van der Waals surface area contributed by atoms with E-state index in [4.69, 9.17) is 0 Å². The molecule has 0 saturated carbocycles. The van der Waals surface area contributed by atoms with Crippen LogP contribution in [0.4, 0.5) is 13.2 Å². The molecule has 4 aromatic rings. The maximum absolute atomic E-state index is 12.8. The van der Waals surface area contributed by atoms with Crippen molar-refractivity contribution < 1.29 is 13.2 Å². The third-order valence-corrected chi connectivity index (χ3v) is 4.61. The quantitative estimate of drug-likeness (QED) is 0.443. The fraction of sp³-hybridized carbons (Fsp3) is 0.182. The number of nitrogens with zero attached hydrogens (tertiary/aromatic N) is 6. The molecule has 3 heterocycles. The van der Waals surface area contributed by atoms with E-state index in [0.717, 1.165) is 23.5 Å². The molecule has 0 bridgehead atoms. The molecular weight excluding hydrogens is 405 g/mol. The van der Waals surface area contributed by atoms with Gasteiger partial charge in [0, 0.05) is 32.0 Å². The van der Waals surface area contributed by atoms with Crippen LogP contribution in [0.15, 0.2) is 79.3 Å². The summed E-state index contributed by atoms with van der Waals surface area (Å²) in [6.45, 7) is 1.66. The minimum Gasteiger partial charge on any atom is -0.286 e. The van der Waals surface area contributed by atoms with Gasteiger partial charge in [-0.3, -0.25) is 14.9 Å². The van der Waals surface area contributed by atoms with Crippen LogP contribution in [-0.2, 0) is 25.8 Å². The highest BCUT2D eigenvalue weighted by Crippen LogP contribution is 2.29. The van der Waals surface area contributed by atoms with Gasteiger partial charge >= 0.3 is 6.18 Å². The predicted octanol–water partition coefficient (Wildman–Crippen LogP) is 4.28. The molecule has 0 unspecified atom stereocenters. The average Bonchev–Trinajstić information content (AvgIpc) is 3.23. The minimum atomic E-state index is -4.37. The summed E-state index contributed by atoms with van der Waals surface area (Å²) in [5, 5.41) is 8.27. The first-order chi connectivity index (χ1) is 15.0. The zero-order valence-corrected chi connectivity index (χ0v) is 16.4. The summed E-state index contributed by atoms with van der Waals surface area (Å²) in [4.78, 5) is 10.9. The Hall–Kier alpha value is -3.59. The van der Waals surface area contributed by atoms with Crippen LogP contribution in [-0.4, -0.2) is 29.9 Å². The Bertz CT molecular complexity index is 1050. The zero-order valence-electron chi connectivity index (χ0n) is 16.4. The number of aromatic nitrogens is 5. The van der Waals surface area contributed by atoms with Gasteiger partial charge in [-0.15, -0.1) is 5.10 Å². The van der Waals surface area contributed by atoms with Gasteiger partial charge in [-0.1, -0.05) is 17.3 Å². The topological polar surface area (TPSA) is 59.7 Å². The predicted molar refractivity (Wildman–Crippen MR) is 108 cm³/mol. The molecule has 158 valence electrons. The van der Waals surface area contributed by atoms with E-state index < -0.39 is 11.7 Å². The van der Waals surface area contributed by atoms with Crippen molar-refractivity contribution in [2.24, 2.45) is 0 Å². The lowest BCUT2D eigenvalue weighted by Crippen LogP contribution is -2.23. The fourth-order valence-corrected chi connectivity index (χ4v) is 3.14. The molecule has 3 aromatic heterocycles. The molecule has 0 aliphatic heterocycles. The molecule has 1 aromatic carbocycles. The first-order valence-electron chi connectivity index (χ1n) is 9.58. The van der Waals surface area contributed by atoms with Gasteiger partial charge in [0.25, 0.3) is 0 Å². The number of alkyl halides is 3. The second-order valence-corrected chi connectivity index (χ2v) is 6.99. The van der Waals surface area contributed by atoms with Gasteiger partial charge in [-0.2, -0.15) is 13.2 Å². The molecule has 0 amide bonds. The number of rotatable bonds is 7. The Morgan fingerprint density at radius 3 is 1.84 bits per heavy atom. The van der Waals surface area contributed by atoms with Gasteiger partial charge in [0.1, 0.15) is 0 Å². The van der Waals surface area contributed by atoms with E-state index in [2.05, 4.69) is 25.2 Å². The van der Waals surface area contributed by atoms with Crippen LogP contribution in [0.1, 0.15) is 22.6 Å². The molecule has 0 N–H and O–H groups in total. The normalized spacial score (nSPS) is 11.7. The maximum atomic E-state index is 12.8. The second kappa shape index (κ2) is 9.05. The van der Waals surface area contributed by atoms with Crippen molar-refractivity contribution in [2.45, 2.75) is 25.8 Å². The van der Waals surface area contributed by atoms with Crippen molar-refractivity contribution in [3.63, 3.8) is 0 Å². The van der Waals surface area contributed by atoms with Gasteiger partial charge < -0.3 is 0 Å². The summed E-state index contributed by atoms with van der Waals surface area (Å²) in [7, 11) is 0. The van der Waals surface area contributed by atoms with Gasteiger partial charge in [-0.25, -0.2) is 4.68 Å². The van der Waals surface area contributed by atoms with Crippen molar-refractivity contribution in [2.75, 3.05) is 0 Å². The highest BCUT2D eigenvalue weighted by molar-refractivity contribution is 5.34. The number of pyridine rings is 2. The lowest BCUT2D eigenvalue weighted by atomic mass is 10.2. The van der Waals surface area contributed by atoms with Crippen LogP contribution < -0.4 is 0 Å².